The largest absolute Gasteiger partial charge is 0.417 e. The van der Waals surface area contributed by atoms with E-state index in [1.807, 2.05) is 17.5 Å². The van der Waals surface area contributed by atoms with Crippen molar-refractivity contribution in [1.29, 1.82) is 0 Å². The lowest BCUT2D eigenvalue weighted by molar-refractivity contribution is -0.137. The Morgan fingerprint density at radius 3 is 2.60 bits per heavy atom. The monoisotopic (exact) mass is 301 g/mol. The van der Waals surface area contributed by atoms with Gasteiger partial charge in [0.05, 0.1) is 17.3 Å². The molecule has 0 amide bonds. The molecular weight excluding hydrogens is 287 g/mol. The van der Waals surface area contributed by atoms with Crippen molar-refractivity contribution >= 4 is 11.3 Å². The first-order valence-electron chi connectivity index (χ1n) is 6.02. The lowest BCUT2D eigenvalue weighted by atomic mass is 10.1. The number of hydrogen-bond acceptors (Lipinski definition) is 4. The minimum Gasteiger partial charge on any atom is -0.271 e. The minimum atomic E-state index is -4.37. The quantitative estimate of drug-likeness (QED) is 0.658. The maximum atomic E-state index is 12.5. The van der Waals surface area contributed by atoms with E-state index < -0.39 is 11.7 Å². The molecular formula is C13H14F3N3S. The molecule has 0 spiro atoms. The Labute approximate surface area is 118 Å². The van der Waals surface area contributed by atoms with Crippen LogP contribution in [0.25, 0.3) is 0 Å². The summed E-state index contributed by atoms with van der Waals surface area (Å²) in [7, 11) is 0. The van der Waals surface area contributed by atoms with Crippen LogP contribution in [0.15, 0.2) is 35.8 Å². The summed E-state index contributed by atoms with van der Waals surface area (Å²) in [4.78, 5) is 5.06. The molecule has 20 heavy (non-hydrogen) atoms. The van der Waals surface area contributed by atoms with Crippen LogP contribution in [0.1, 0.15) is 28.6 Å². The Morgan fingerprint density at radius 1 is 1.30 bits per heavy atom. The average molecular weight is 301 g/mol. The standard InChI is InChI=1S/C13H14F3N3S/c14-13(15,16)9-3-5-11(18-8-9)12(19-17)6-4-10-2-1-7-20-10/h1-3,5,7-8,12,19H,4,6,17H2. The molecule has 0 radical (unpaired) electrons. The van der Waals surface area contributed by atoms with Gasteiger partial charge in [0.1, 0.15) is 0 Å². The molecule has 0 aliphatic rings. The fourth-order valence-electron chi connectivity index (χ4n) is 1.84. The number of nitrogens with one attached hydrogen (secondary N) is 1. The van der Waals surface area contributed by atoms with Gasteiger partial charge in [-0.3, -0.25) is 16.3 Å². The molecule has 0 aliphatic carbocycles. The van der Waals surface area contributed by atoms with E-state index in [2.05, 4.69) is 10.4 Å². The zero-order valence-corrected chi connectivity index (χ0v) is 11.3. The van der Waals surface area contributed by atoms with Crippen LogP contribution >= 0.6 is 11.3 Å². The van der Waals surface area contributed by atoms with Crippen molar-refractivity contribution < 1.29 is 13.2 Å². The predicted octanol–water partition coefficient (Wildman–Crippen LogP) is 3.30. The van der Waals surface area contributed by atoms with Crippen molar-refractivity contribution in [3.05, 3.63) is 52.0 Å². The van der Waals surface area contributed by atoms with Crippen LogP contribution in [-0.4, -0.2) is 4.98 Å². The van der Waals surface area contributed by atoms with E-state index >= 15 is 0 Å². The van der Waals surface area contributed by atoms with Gasteiger partial charge in [-0.2, -0.15) is 13.2 Å². The van der Waals surface area contributed by atoms with E-state index in [0.717, 1.165) is 18.7 Å². The van der Waals surface area contributed by atoms with Crippen LogP contribution in [0.4, 0.5) is 13.2 Å². The lowest BCUT2D eigenvalue weighted by Crippen LogP contribution is -2.29. The van der Waals surface area contributed by atoms with Gasteiger partial charge in [0.25, 0.3) is 0 Å². The predicted molar refractivity (Wildman–Crippen MR) is 71.9 cm³/mol. The van der Waals surface area contributed by atoms with Gasteiger partial charge in [-0.25, -0.2) is 0 Å². The number of rotatable bonds is 5. The second kappa shape index (κ2) is 6.34. The van der Waals surface area contributed by atoms with Gasteiger partial charge >= 0.3 is 6.18 Å². The SMILES string of the molecule is NNC(CCc1cccs1)c1ccc(C(F)(F)F)cn1. The molecule has 7 heteroatoms. The third-order valence-corrected chi connectivity index (χ3v) is 3.87. The van der Waals surface area contributed by atoms with Gasteiger partial charge in [0.15, 0.2) is 0 Å². The summed E-state index contributed by atoms with van der Waals surface area (Å²) in [5.41, 5.74) is 2.36. The topological polar surface area (TPSA) is 50.9 Å². The molecule has 1 atom stereocenters. The molecule has 2 heterocycles. The number of nitrogens with zero attached hydrogens (tertiary/aromatic N) is 1. The summed E-state index contributed by atoms with van der Waals surface area (Å²) >= 11 is 1.64. The highest BCUT2D eigenvalue weighted by atomic mass is 32.1. The van der Waals surface area contributed by atoms with Gasteiger partial charge in [0.2, 0.25) is 0 Å². The third-order valence-electron chi connectivity index (χ3n) is 2.93. The highest BCUT2D eigenvalue weighted by Crippen LogP contribution is 2.29. The van der Waals surface area contributed by atoms with E-state index in [1.54, 1.807) is 11.3 Å². The molecule has 0 aromatic carbocycles. The number of nitrogens with two attached hydrogens (primary N) is 1. The molecule has 2 rings (SSSR count). The molecule has 108 valence electrons. The van der Waals surface area contributed by atoms with Crippen LogP contribution in [0.2, 0.25) is 0 Å². The molecule has 0 bridgehead atoms. The van der Waals surface area contributed by atoms with Crippen LogP contribution in [0.5, 0.6) is 0 Å². The Kier molecular flexibility index (Phi) is 4.74. The number of aryl methyl sites for hydroxylation is 1. The van der Waals surface area contributed by atoms with Crippen molar-refractivity contribution in [3.63, 3.8) is 0 Å². The lowest BCUT2D eigenvalue weighted by Gasteiger charge is -2.15. The molecule has 0 fully saturated rings. The summed E-state index contributed by atoms with van der Waals surface area (Å²) in [6, 6.07) is 6.10. The highest BCUT2D eigenvalue weighted by Gasteiger charge is 2.30. The van der Waals surface area contributed by atoms with Crippen molar-refractivity contribution in [1.82, 2.24) is 10.4 Å². The van der Waals surface area contributed by atoms with Gasteiger partial charge in [0, 0.05) is 11.1 Å². The number of hydrazine groups is 1. The number of hydrogen-bond donors (Lipinski definition) is 2. The maximum absolute atomic E-state index is 12.5. The summed E-state index contributed by atoms with van der Waals surface area (Å²) < 4.78 is 37.4. The molecule has 1 unspecified atom stereocenters. The second-order valence-electron chi connectivity index (χ2n) is 4.31. The molecule has 0 saturated heterocycles. The summed E-state index contributed by atoms with van der Waals surface area (Å²) in [5.74, 6) is 5.46. The highest BCUT2D eigenvalue weighted by molar-refractivity contribution is 7.09. The summed E-state index contributed by atoms with van der Waals surface area (Å²) in [6.07, 6.45) is -2.05. The molecule has 3 nitrogen and oxygen atoms in total. The number of pyridine rings is 1. The first kappa shape index (κ1) is 15.0. The smallest absolute Gasteiger partial charge is 0.271 e. The van der Waals surface area contributed by atoms with E-state index in [-0.39, 0.29) is 6.04 Å². The van der Waals surface area contributed by atoms with E-state index in [1.165, 1.54) is 10.9 Å². The molecule has 0 aliphatic heterocycles. The summed E-state index contributed by atoms with van der Waals surface area (Å²) in [6.45, 7) is 0. The van der Waals surface area contributed by atoms with Crippen molar-refractivity contribution in [2.75, 3.05) is 0 Å². The van der Waals surface area contributed by atoms with E-state index in [4.69, 9.17) is 5.84 Å². The number of halogens is 3. The Bertz CT molecular complexity index is 523. The third kappa shape index (κ3) is 3.78. The molecule has 2 aromatic rings. The van der Waals surface area contributed by atoms with Gasteiger partial charge in [-0.15, -0.1) is 11.3 Å². The second-order valence-corrected chi connectivity index (χ2v) is 5.34. The van der Waals surface area contributed by atoms with Crippen molar-refractivity contribution in [2.45, 2.75) is 25.1 Å². The van der Waals surface area contributed by atoms with Crippen LogP contribution in [0.3, 0.4) is 0 Å². The van der Waals surface area contributed by atoms with E-state index in [9.17, 15) is 13.2 Å². The number of aromatic nitrogens is 1. The minimum absolute atomic E-state index is 0.264. The van der Waals surface area contributed by atoms with Gasteiger partial charge in [-0.1, -0.05) is 6.07 Å². The molecule has 0 saturated carbocycles. The Morgan fingerprint density at radius 2 is 2.10 bits per heavy atom. The molecule has 3 N–H and O–H groups in total. The normalized spacial score (nSPS) is 13.4. The average Bonchev–Trinajstić information content (AvgIpc) is 2.92. The Hall–Kier alpha value is -1.44. The summed E-state index contributed by atoms with van der Waals surface area (Å²) in [5, 5.41) is 1.98. The van der Waals surface area contributed by atoms with Gasteiger partial charge < -0.3 is 0 Å². The first-order chi connectivity index (χ1) is 9.50. The van der Waals surface area contributed by atoms with Crippen molar-refractivity contribution in [2.24, 2.45) is 5.84 Å². The molecule has 2 aromatic heterocycles. The fraction of sp³-hybridized carbons (Fsp3) is 0.308. The maximum Gasteiger partial charge on any atom is 0.417 e. The van der Waals surface area contributed by atoms with Gasteiger partial charge in [-0.05, 0) is 36.4 Å². The fourth-order valence-corrected chi connectivity index (χ4v) is 2.56. The zero-order valence-electron chi connectivity index (χ0n) is 10.5. The van der Waals surface area contributed by atoms with Crippen molar-refractivity contribution in [3.8, 4) is 0 Å². The zero-order chi connectivity index (χ0) is 14.6. The van der Waals surface area contributed by atoms with Crippen LogP contribution in [0, 0.1) is 0 Å². The number of thiophene rings is 1. The number of alkyl halides is 3. The van der Waals surface area contributed by atoms with Crippen LogP contribution < -0.4 is 11.3 Å². The van der Waals surface area contributed by atoms with Crippen LogP contribution in [-0.2, 0) is 12.6 Å². The Balaban J connectivity index is 2.04. The van der Waals surface area contributed by atoms with E-state index in [0.29, 0.717) is 12.1 Å². The first-order valence-corrected chi connectivity index (χ1v) is 6.90.